The summed E-state index contributed by atoms with van der Waals surface area (Å²) < 4.78 is 12.5. The highest BCUT2D eigenvalue weighted by molar-refractivity contribution is 9.10. The van der Waals surface area contributed by atoms with E-state index in [1.165, 1.54) is 0 Å². The number of rotatable bonds is 7. The number of hydrogen-bond donors (Lipinski definition) is 1. The Balaban J connectivity index is 1.75. The molecule has 0 aliphatic heterocycles. The summed E-state index contributed by atoms with van der Waals surface area (Å²) in [5, 5.41) is 2.88. The number of carbonyl (C=O) groups is 1. The number of halogens is 1. The first-order chi connectivity index (χ1) is 13.2. The predicted octanol–water partition coefficient (Wildman–Crippen LogP) is 5.68. The number of hydrogen-bond acceptors (Lipinski definition) is 3. The van der Waals surface area contributed by atoms with Gasteiger partial charge in [-0.1, -0.05) is 52.3 Å². The van der Waals surface area contributed by atoms with Crippen molar-refractivity contribution in [3.63, 3.8) is 0 Å². The Kier molecular flexibility index (Phi) is 6.49. The molecule has 5 heteroatoms. The number of benzene rings is 3. The topological polar surface area (TPSA) is 47.6 Å². The molecular formula is C22H20BrNO3. The standard InChI is InChI=1S/C22H20BrNO3/c1-2-26-21-13-17(22(25)24-19-10-6-9-18(23)14-19)11-12-20(21)27-15-16-7-4-3-5-8-16/h3-14H,2,15H2,1H3,(H,24,25). The van der Waals surface area contributed by atoms with Gasteiger partial charge in [-0.25, -0.2) is 0 Å². The SMILES string of the molecule is CCOc1cc(C(=O)Nc2cccc(Br)c2)ccc1OCc1ccccc1. The fraction of sp³-hybridized carbons (Fsp3) is 0.136. The van der Waals surface area contributed by atoms with Gasteiger partial charge in [0.25, 0.3) is 5.91 Å². The van der Waals surface area contributed by atoms with Gasteiger partial charge in [0.05, 0.1) is 6.61 Å². The Morgan fingerprint density at radius 3 is 2.48 bits per heavy atom. The number of ether oxygens (including phenoxy) is 2. The number of amides is 1. The van der Waals surface area contributed by atoms with Crippen LogP contribution in [0.4, 0.5) is 5.69 Å². The number of nitrogens with one attached hydrogen (secondary N) is 1. The zero-order valence-electron chi connectivity index (χ0n) is 14.9. The Labute approximate surface area is 167 Å². The molecule has 0 aliphatic carbocycles. The maximum Gasteiger partial charge on any atom is 0.255 e. The molecule has 0 saturated heterocycles. The molecule has 0 saturated carbocycles. The van der Waals surface area contributed by atoms with Crippen LogP contribution in [0.15, 0.2) is 77.3 Å². The lowest BCUT2D eigenvalue weighted by atomic mass is 10.1. The second kappa shape index (κ2) is 9.24. The van der Waals surface area contributed by atoms with Gasteiger partial charge in [0, 0.05) is 15.7 Å². The van der Waals surface area contributed by atoms with Crippen molar-refractivity contribution in [2.24, 2.45) is 0 Å². The van der Waals surface area contributed by atoms with Gasteiger partial charge in [-0.15, -0.1) is 0 Å². The fourth-order valence-corrected chi connectivity index (χ4v) is 2.94. The molecule has 4 nitrogen and oxygen atoms in total. The van der Waals surface area contributed by atoms with E-state index in [4.69, 9.17) is 9.47 Å². The average molecular weight is 426 g/mol. The summed E-state index contributed by atoms with van der Waals surface area (Å²) >= 11 is 3.40. The molecule has 3 rings (SSSR count). The lowest BCUT2D eigenvalue weighted by Crippen LogP contribution is -2.12. The molecule has 3 aromatic carbocycles. The van der Waals surface area contributed by atoms with E-state index in [9.17, 15) is 4.79 Å². The van der Waals surface area contributed by atoms with Crippen LogP contribution in [-0.2, 0) is 6.61 Å². The molecule has 1 N–H and O–H groups in total. The van der Waals surface area contributed by atoms with Crippen molar-refractivity contribution in [3.05, 3.63) is 88.4 Å². The van der Waals surface area contributed by atoms with E-state index >= 15 is 0 Å². The van der Waals surface area contributed by atoms with Crippen molar-refractivity contribution in [2.75, 3.05) is 11.9 Å². The maximum atomic E-state index is 12.5. The van der Waals surface area contributed by atoms with Crippen LogP contribution in [-0.4, -0.2) is 12.5 Å². The summed E-state index contributed by atoms with van der Waals surface area (Å²) in [6, 6.07) is 22.6. The van der Waals surface area contributed by atoms with E-state index < -0.39 is 0 Å². The summed E-state index contributed by atoms with van der Waals surface area (Å²) in [5.41, 5.74) is 2.29. The van der Waals surface area contributed by atoms with E-state index in [1.807, 2.05) is 61.5 Å². The van der Waals surface area contributed by atoms with E-state index in [0.29, 0.717) is 30.3 Å². The molecule has 0 aliphatic rings. The second-order valence-corrected chi connectivity index (χ2v) is 6.75. The molecule has 138 valence electrons. The Bertz CT molecular complexity index is 912. The molecule has 0 fully saturated rings. The molecule has 1 amide bonds. The molecule has 0 bridgehead atoms. The number of anilines is 1. The normalized spacial score (nSPS) is 10.3. The predicted molar refractivity (Wildman–Crippen MR) is 110 cm³/mol. The zero-order valence-corrected chi connectivity index (χ0v) is 16.5. The number of carbonyl (C=O) groups excluding carboxylic acids is 1. The summed E-state index contributed by atoms with van der Waals surface area (Å²) in [4.78, 5) is 12.5. The molecule has 3 aromatic rings. The van der Waals surface area contributed by atoms with E-state index in [0.717, 1.165) is 15.7 Å². The molecule has 0 spiro atoms. The quantitative estimate of drug-likeness (QED) is 0.529. The fourth-order valence-electron chi connectivity index (χ4n) is 2.54. The van der Waals surface area contributed by atoms with Crippen molar-refractivity contribution in [2.45, 2.75) is 13.5 Å². The monoisotopic (exact) mass is 425 g/mol. The van der Waals surface area contributed by atoms with E-state index in [2.05, 4.69) is 21.2 Å². The van der Waals surface area contributed by atoms with Gasteiger partial charge in [-0.05, 0) is 48.9 Å². The van der Waals surface area contributed by atoms with Gasteiger partial charge in [-0.2, -0.15) is 0 Å². The lowest BCUT2D eigenvalue weighted by molar-refractivity contribution is 0.102. The van der Waals surface area contributed by atoms with Crippen molar-refractivity contribution in [1.29, 1.82) is 0 Å². The molecule has 0 aromatic heterocycles. The van der Waals surface area contributed by atoms with Crippen LogP contribution < -0.4 is 14.8 Å². The highest BCUT2D eigenvalue weighted by atomic mass is 79.9. The Morgan fingerprint density at radius 2 is 1.74 bits per heavy atom. The average Bonchev–Trinajstić information content (AvgIpc) is 2.68. The molecular weight excluding hydrogens is 406 g/mol. The van der Waals surface area contributed by atoms with E-state index in [1.54, 1.807) is 18.2 Å². The Morgan fingerprint density at radius 1 is 0.926 bits per heavy atom. The third-order valence-corrected chi connectivity index (χ3v) is 4.32. The minimum atomic E-state index is -0.205. The third-order valence-electron chi connectivity index (χ3n) is 3.83. The third kappa shape index (κ3) is 5.34. The summed E-state index contributed by atoms with van der Waals surface area (Å²) in [6.07, 6.45) is 0. The van der Waals surface area contributed by atoms with Gasteiger partial charge in [0.2, 0.25) is 0 Å². The van der Waals surface area contributed by atoms with Crippen LogP contribution in [0.1, 0.15) is 22.8 Å². The van der Waals surface area contributed by atoms with Crippen LogP contribution in [0.2, 0.25) is 0 Å². The van der Waals surface area contributed by atoms with Crippen LogP contribution in [0.5, 0.6) is 11.5 Å². The summed E-state index contributed by atoms with van der Waals surface area (Å²) in [7, 11) is 0. The second-order valence-electron chi connectivity index (χ2n) is 5.83. The first kappa shape index (κ1) is 19.0. The van der Waals surface area contributed by atoms with Crippen molar-refractivity contribution < 1.29 is 14.3 Å². The van der Waals surface area contributed by atoms with Crippen molar-refractivity contribution in [1.82, 2.24) is 0 Å². The maximum absolute atomic E-state index is 12.5. The van der Waals surface area contributed by atoms with Crippen LogP contribution in [0.25, 0.3) is 0 Å². The highest BCUT2D eigenvalue weighted by Gasteiger charge is 2.12. The van der Waals surface area contributed by atoms with Gasteiger partial charge in [-0.3, -0.25) is 4.79 Å². The molecule has 0 heterocycles. The van der Waals surface area contributed by atoms with Crippen molar-refractivity contribution >= 4 is 27.5 Å². The Hall–Kier alpha value is -2.79. The molecule has 0 atom stereocenters. The lowest BCUT2D eigenvalue weighted by Gasteiger charge is -2.14. The van der Waals surface area contributed by atoms with Crippen LogP contribution >= 0.6 is 15.9 Å². The van der Waals surface area contributed by atoms with E-state index in [-0.39, 0.29) is 5.91 Å². The summed E-state index contributed by atoms with van der Waals surface area (Å²) in [6.45, 7) is 2.82. The first-order valence-corrected chi connectivity index (χ1v) is 9.45. The smallest absolute Gasteiger partial charge is 0.255 e. The van der Waals surface area contributed by atoms with Gasteiger partial charge in [0.15, 0.2) is 11.5 Å². The van der Waals surface area contributed by atoms with Gasteiger partial charge < -0.3 is 14.8 Å². The first-order valence-electron chi connectivity index (χ1n) is 8.66. The largest absolute Gasteiger partial charge is 0.490 e. The molecule has 0 unspecified atom stereocenters. The molecule has 27 heavy (non-hydrogen) atoms. The van der Waals surface area contributed by atoms with Crippen molar-refractivity contribution in [3.8, 4) is 11.5 Å². The van der Waals surface area contributed by atoms with Crippen LogP contribution in [0, 0.1) is 0 Å². The minimum Gasteiger partial charge on any atom is -0.490 e. The summed E-state index contributed by atoms with van der Waals surface area (Å²) in [5.74, 6) is 0.957. The minimum absolute atomic E-state index is 0.205. The zero-order chi connectivity index (χ0) is 19.1. The molecule has 0 radical (unpaired) electrons. The van der Waals surface area contributed by atoms with Crippen LogP contribution in [0.3, 0.4) is 0 Å². The highest BCUT2D eigenvalue weighted by Crippen LogP contribution is 2.30. The van der Waals surface area contributed by atoms with Gasteiger partial charge in [0.1, 0.15) is 6.61 Å². The van der Waals surface area contributed by atoms with Gasteiger partial charge >= 0.3 is 0 Å².